The Morgan fingerprint density at radius 1 is 1.02 bits per heavy atom. The number of ether oxygens (including phenoxy) is 1. The number of halogens is 3. The summed E-state index contributed by atoms with van der Waals surface area (Å²) in [4.78, 5) is 22.2. The predicted molar refractivity (Wildman–Crippen MR) is 180 cm³/mol. The van der Waals surface area contributed by atoms with Crippen LogP contribution in [-0.2, 0) is 17.9 Å². The predicted octanol–water partition coefficient (Wildman–Crippen LogP) is 6.19. The third-order valence-electron chi connectivity index (χ3n) is 8.09. The monoisotopic (exact) mass is 666 g/mol. The quantitative estimate of drug-likeness (QED) is 0.133. The minimum atomic E-state index is -0.467. The third-order valence-corrected chi connectivity index (χ3v) is 8.88. The van der Waals surface area contributed by atoms with Crippen molar-refractivity contribution < 1.29 is 19.0 Å². The number of carbonyl (C=O) groups excluding carboxylic acids is 1. The molecule has 0 atom stereocenters. The summed E-state index contributed by atoms with van der Waals surface area (Å²) in [5.74, 6) is 0.345. The number of methoxy groups -OCH3 is 1. The second-order valence-electron chi connectivity index (χ2n) is 11.0. The summed E-state index contributed by atoms with van der Waals surface area (Å²) < 4.78 is 21.2. The highest BCUT2D eigenvalue weighted by molar-refractivity contribution is 6.39. The van der Waals surface area contributed by atoms with Crippen LogP contribution >= 0.6 is 23.2 Å². The SMILES string of the molecule is COc1cc(-c2nccc(-c3cccc(Nc4nccc(CNC5CCN(C(C)=O)CC5)c4F)c3Cl)c2Cl)ccc1CNCCO. The summed E-state index contributed by atoms with van der Waals surface area (Å²) in [5, 5.41) is 19.5. The van der Waals surface area contributed by atoms with E-state index in [1.807, 2.05) is 35.2 Å². The lowest BCUT2D eigenvalue weighted by Gasteiger charge is -2.31. The number of anilines is 2. The molecule has 2 aromatic carbocycles. The molecule has 0 unspecified atom stereocenters. The van der Waals surface area contributed by atoms with Gasteiger partial charge in [0, 0.05) is 85.9 Å². The van der Waals surface area contributed by atoms with Gasteiger partial charge in [0.05, 0.1) is 35.1 Å². The van der Waals surface area contributed by atoms with E-state index < -0.39 is 5.82 Å². The summed E-state index contributed by atoms with van der Waals surface area (Å²) in [6, 6.07) is 14.8. The van der Waals surface area contributed by atoms with Crippen LogP contribution in [0.25, 0.3) is 22.4 Å². The van der Waals surface area contributed by atoms with Gasteiger partial charge in [-0.1, -0.05) is 47.5 Å². The number of aliphatic hydroxyl groups excluding tert-OH is 1. The molecule has 0 saturated carbocycles. The molecule has 9 nitrogen and oxygen atoms in total. The number of hydrogen-bond donors (Lipinski definition) is 4. The molecule has 1 aliphatic rings. The van der Waals surface area contributed by atoms with Gasteiger partial charge in [-0.3, -0.25) is 9.78 Å². The van der Waals surface area contributed by atoms with Gasteiger partial charge >= 0.3 is 0 Å². The minimum Gasteiger partial charge on any atom is -0.496 e. The standard InChI is InChI=1S/C34H37Cl2FN6O3/c1-21(45)43-15-10-25(11-16-43)41-20-24-8-12-40-34(32(24)37)42-28-5-3-4-26(30(28)35)27-9-13-39-33(31(27)36)22-6-7-23(19-38-14-17-44)29(18-22)46-2/h3-9,12-13,18,25,38,41,44H,10-11,14-17,19-20H2,1-2H3,(H,40,42). The molecule has 4 N–H and O–H groups in total. The molecular weight excluding hydrogens is 630 g/mol. The number of rotatable bonds is 12. The molecule has 1 aliphatic heterocycles. The fourth-order valence-corrected chi connectivity index (χ4v) is 6.12. The first-order chi connectivity index (χ1) is 22.3. The van der Waals surface area contributed by atoms with Crippen LogP contribution in [0.2, 0.25) is 10.0 Å². The van der Waals surface area contributed by atoms with Crippen molar-refractivity contribution in [1.29, 1.82) is 0 Å². The van der Waals surface area contributed by atoms with Crippen LogP contribution in [0.3, 0.4) is 0 Å². The largest absolute Gasteiger partial charge is 0.496 e. The van der Waals surface area contributed by atoms with Crippen molar-refractivity contribution in [3.05, 3.63) is 87.9 Å². The van der Waals surface area contributed by atoms with Crippen LogP contribution in [-0.4, -0.2) is 65.3 Å². The highest BCUT2D eigenvalue weighted by atomic mass is 35.5. The summed E-state index contributed by atoms with van der Waals surface area (Å²) in [6.07, 6.45) is 4.87. The third kappa shape index (κ3) is 7.76. The van der Waals surface area contributed by atoms with Crippen LogP contribution in [0.1, 0.15) is 30.9 Å². The van der Waals surface area contributed by atoms with Crippen LogP contribution in [0.4, 0.5) is 15.9 Å². The molecule has 1 amide bonds. The average molecular weight is 668 g/mol. The second-order valence-corrected chi connectivity index (χ2v) is 11.8. The van der Waals surface area contributed by atoms with E-state index in [2.05, 4.69) is 25.9 Å². The highest BCUT2D eigenvalue weighted by Crippen LogP contribution is 2.41. The Hall–Kier alpha value is -3.80. The maximum atomic E-state index is 15.6. The number of pyridine rings is 2. The number of benzene rings is 2. The molecule has 0 spiro atoms. The van der Waals surface area contributed by atoms with Crippen LogP contribution < -0.4 is 20.7 Å². The van der Waals surface area contributed by atoms with Crippen molar-refractivity contribution in [2.75, 3.05) is 38.7 Å². The summed E-state index contributed by atoms with van der Waals surface area (Å²) in [7, 11) is 1.60. The normalized spacial score (nSPS) is 13.6. The lowest BCUT2D eigenvalue weighted by molar-refractivity contribution is -0.129. The molecule has 1 fully saturated rings. The lowest BCUT2D eigenvalue weighted by atomic mass is 10.0. The Labute approximate surface area is 278 Å². The Morgan fingerprint density at radius 3 is 2.52 bits per heavy atom. The van der Waals surface area contributed by atoms with E-state index in [1.54, 1.807) is 44.6 Å². The number of hydrogen-bond acceptors (Lipinski definition) is 8. The van der Waals surface area contributed by atoms with Crippen molar-refractivity contribution in [1.82, 2.24) is 25.5 Å². The minimum absolute atomic E-state index is 0.0472. The zero-order valence-electron chi connectivity index (χ0n) is 25.7. The van der Waals surface area contributed by atoms with E-state index in [1.165, 1.54) is 0 Å². The van der Waals surface area contributed by atoms with Gasteiger partial charge in [0.1, 0.15) is 5.75 Å². The van der Waals surface area contributed by atoms with Crippen LogP contribution in [0, 0.1) is 5.82 Å². The van der Waals surface area contributed by atoms with Gasteiger partial charge < -0.3 is 30.7 Å². The number of carbonyl (C=O) groups is 1. The van der Waals surface area contributed by atoms with Gasteiger partial charge in [-0.2, -0.15) is 0 Å². The van der Waals surface area contributed by atoms with Gasteiger partial charge in [-0.05, 0) is 37.1 Å². The molecule has 4 aromatic rings. The zero-order chi connectivity index (χ0) is 32.6. The van der Waals surface area contributed by atoms with E-state index in [-0.39, 0.29) is 24.4 Å². The van der Waals surface area contributed by atoms with Gasteiger partial charge in [-0.25, -0.2) is 9.37 Å². The van der Waals surface area contributed by atoms with Gasteiger partial charge in [-0.15, -0.1) is 0 Å². The van der Waals surface area contributed by atoms with Crippen LogP contribution in [0.15, 0.2) is 60.9 Å². The summed E-state index contributed by atoms with van der Waals surface area (Å²) in [6.45, 7) is 4.37. The first-order valence-corrected chi connectivity index (χ1v) is 15.9. The summed E-state index contributed by atoms with van der Waals surface area (Å²) >= 11 is 13.9. The van der Waals surface area contributed by atoms with E-state index in [4.69, 9.17) is 33.0 Å². The molecule has 3 heterocycles. The number of nitrogens with zero attached hydrogens (tertiary/aromatic N) is 3. The van der Waals surface area contributed by atoms with E-state index in [9.17, 15) is 4.79 Å². The van der Waals surface area contributed by atoms with Gasteiger partial charge in [0.15, 0.2) is 11.6 Å². The molecule has 12 heteroatoms. The maximum absolute atomic E-state index is 15.6. The Kier molecular flexibility index (Phi) is 11.4. The molecule has 0 bridgehead atoms. The Bertz CT molecular complexity index is 1680. The number of aliphatic hydroxyl groups is 1. The molecule has 1 saturated heterocycles. The van der Waals surface area contributed by atoms with Gasteiger partial charge in [0.2, 0.25) is 5.91 Å². The second kappa shape index (κ2) is 15.7. The van der Waals surface area contributed by atoms with Crippen molar-refractivity contribution >= 4 is 40.6 Å². The van der Waals surface area contributed by atoms with Crippen molar-refractivity contribution in [2.24, 2.45) is 0 Å². The van der Waals surface area contributed by atoms with E-state index in [0.29, 0.717) is 76.6 Å². The number of amides is 1. The molecular formula is C34H37Cl2FN6O3. The van der Waals surface area contributed by atoms with E-state index in [0.717, 1.165) is 24.0 Å². The number of piperidine rings is 1. The van der Waals surface area contributed by atoms with Crippen molar-refractivity contribution in [3.63, 3.8) is 0 Å². The van der Waals surface area contributed by atoms with Crippen LogP contribution in [0.5, 0.6) is 5.75 Å². The van der Waals surface area contributed by atoms with E-state index >= 15 is 4.39 Å². The fourth-order valence-electron chi connectivity index (χ4n) is 5.52. The topological polar surface area (TPSA) is 112 Å². The van der Waals surface area contributed by atoms with Gasteiger partial charge in [0.25, 0.3) is 0 Å². The smallest absolute Gasteiger partial charge is 0.219 e. The van der Waals surface area contributed by atoms with Crippen molar-refractivity contribution in [2.45, 2.75) is 38.9 Å². The fraction of sp³-hybridized carbons (Fsp3) is 0.324. The lowest BCUT2D eigenvalue weighted by Crippen LogP contribution is -2.44. The highest BCUT2D eigenvalue weighted by Gasteiger charge is 2.22. The molecule has 0 aliphatic carbocycles. The Morgan fingerprint density at radius 2 is 1.78 bits per heavy atom. The zero-order valence-corrected chi connectivity index (χ0v) is 27.3. The van der Waals surface area contributed by atoms with Crippen molar-refractivity contribution in [3.8, 4) is 28.1 Å². The average Bonchev–Trinajstić information content (AvgIpc) is 3.07. The molecule has 242 valence electrons. The maximum Gasteiger partial charge on any atom is 0.219 e. The molecule has 46 heavy (non-hydrogen) atoms. The number of aromatic nitrogens is 2. The Balaban J connectivity index is 1.34. The first-order valence-electron chi connectivity index (χ1n) is 15.1. The summed E-state index contributed by atoms with van der Waals surface area (Å²) in [5.41, 5.74) is 4.52. The molecule has 2 aromatic heterocycles. The number of nitrogens with one attached hydrogen (secondary N) is 3. The molecule has 5 rings (SSSR count). The molecule has 0 radical (unpaired) electrons. The first kappa shape index (κ1) is 33.6. The number of likely N-dealkylation sites (tertiary alicyclic amines) is 1.